The van der Waals surface area contributed by atoms with E-state index < -0.39 is 0 Å². The van der Waals surface area contributed by atoms with E-state index in [1.165, 1.54) is 6.26 Å². The van der Waals surface area contributed by atoms with Crippen molar-refractivity contribution in [3.8, 4) is 0 Å². The second-order valence-corrected chi connectivity index (χ2v) is 4.34. The number of ketones is 1. The molecule has 0 aliphatic heterocycles. The van der Waals surface area contributed by atoms with E-state index in [2.05, 4.69) is 13.8 Å². The van der Waals surface area contributed by atoms with Crippen LogP contribution in [0.25, 0.3) is 0 Å². The topological polar surface area (TPSA) is 56.2 Å². The van der Waals surface area contributed by atoms with Gasteiger partial charge in [0.1, 0.15) is 0 Å². The SMILES string of the molecule is CC(C)CC(CN)CC(=O)c1ccco1. The van der Waals surface area contributed by atoms with Gasteiger partial charge in [0, 0.05) is 6.42 Å². The Balaban J connectivity index is 2.48. The first-order chi connectivity index (χ1) is 7.13. The van der Waals surface area contributed by atoms with E-state index >= 15 is 0 Å². The van der Waals surface area contributed by atoms with Gasteiger partial charge in [0.05, 0.1) is 6.26 Å². The number of hydrogen-bond donors (Lipinski definition) is 1. The van der Waals surface area contributed by atoms with Gasteiger partial charge in [-0.15, -0.1) is 0 Å². The maximum Gasteiger partial charge on any atom is 0.198 e. The third kappa shape index (κ3) is 3.88. The minimum atomic E-state index is 0.0519. The second-order valence-electron chi connectivity index (χ2n) is 4.34. The predicted molar refractivity (Wildman–Crippen MR) is 59.7 cm³/mol. The van der Waals surface area contributed by atoms with Crippen LogP contribution in [0.5, 0.6) is 0 Å². The molecule has 2 N–H and O–H groups in total. The zero-order chi connectivity index (χ0) is 11.3. The zero-order valence-electron chi connectivity index (χ0n) is 9.40. The van der Waals surface area contributed by atoms with Crippen molar-refractivity contribution in [3.63, 3.8) is 0 Å². The van der Waals surface area contributed by atoms with E-state index in [1.807, 2.05) is 0 Å². The molecule has 0 amide bonds. The number of rotatable bonds is 6. The van der Waals surface area contributed by atoms with Crippen molar-refractivity contribution < 1.29 is 9.21 Å². The van der Waals surface area contributed by atoms with Gasteiger partial charge < -0.3 is 10.2 Å². The van der Waals surface area contributed by atoms with E-state index in [4.69, 9.17) is 10.2 Å². The normalized spacial score (nSPS) is 13.1. The van der Waals surface area contributed by atoms with Crippen LogP contribution in [0.15, 0.2) is 22.8 Å². The molecular weight excluding hydrogens is 190 g/mol. The molecule has 0 fully saturated rings. The van der Waals surface area contributed by atoms with Crippen LogP contribution in [0.3, 0.4) is 0 Å². The van der Waals surface area contributed by atoms with Crippen molar-refractivity contribution in [2.45, 2.75) is 26.7 Å². The summed E-state index contributed by atoms with van der Waals surface area (Å²) in [6, 6.07) is 3.43. The summed E-state index contributed by atoms with van der Waals surface area (Å²) in [6.07, 6.45) is 3.00. The second kappa shape index (κ2) is 5.71. The van der Waals surface area contributed by atoms with Gasteiger partial charge in [-0.05, 0) is 36.9 Å². The molecule has 3 heteroatoms. The van der Waals surface area contributed by atoms with E-state index in [1.54, 1.807) is 12.1 Å². The van der Waals surface area contributed by atoms with Crippen molar-refractivity contribution in [1.82, 2.24) is 0 Å². The Morgan fingerprint density at radius 1 is 1.53 bits per heavy atom. The molecule has 0 bridgehead atoms. The molecule has 0 aliphatic rings. The van der Waals surface area contributed by atoms with E-state index in [0.717, 1.165) is 6.42 Å². The van der Waals surface area contributed by atoms with Crippen molar-refractivity contribution in [2.75, 3.05) is 6.54 Å². The van der Waals surface area contributed by atoms with Gasteiger partial charge in [-0.25, -0.2) is 0 Å². The van der Waals surface area contributed by atoms with E-state index in [0.29, 0.717) is 24.6 Å². The van der Waals surface area contributed by atoms with Crippen LogP contribution in [0.1, 0.15) is 37.2 Å². The van der Waals surface area contributed by atoms with Crippen molar-refractivity contribution in [1.29, 1.82) is 0 Å². The minimum Gasteiger partial charge on any atom is -0.461 e. The number of carbonyl (C=O) groups is 1. The van der Waals surface area contributed by atoms with Crippen LogP contribution >= 0.6 is 0 Å². The van der Waals surface area contributed by atoms with Crippen LogP contribution in [0, 0.1) is 11.8 Å². The highest BCUT2D eigenvalue weighted by Crippen LogP contribution is 2.17. The van der Waals surface area contributed by atoms with Crippen LogP contribution in [-0.4, -0.2) is 12.3 Å². The highest BCUT2D eigenvalue weighted by atomic mass is 16.3. The van der Waals surface area contributed by atoms with Crippen molar-refractivity contribution in [3.05, 3.63) is 24.2 Å². The summed E-state index contributed by atoms with van der Waals surface area (Å²) in [5.74, 6) is 1.33. The van der Waals surface area contributed by atoms with Crippen molar-refractivity contribution >= 4 is 5.78 Å². The van der Waals surface area contributed by atoms with Crippen LogP contribution in [0.2, 0.25) is 0 Å². The molecule has 1 aromatic rings. The fraction of sp³-hybridized carbons (Fsp3) is 0.583. The maximum absolute atomic E-state index is 11.7. The molecule has 1 atom stereocenters. The summed E-state index contributed by atoms with van der Waals surface area (Å²) in [6.45, 7) is 4.84. The Hall–Kier alpha value is -1.09. The first-order valence-corrected chi connectivity index (χ1v) is 5.40. The Labute approximate surface area is 90.6 Å². The molecule has 84 valence electrons. The molecule has 0 spiro atoms. The van der Waals surface area contributed by atoms with E-state index in [-0.39, 0.29) is 11.7 Å². The number of hydrogen-bond acceptors (Lipinski definition) is 3. The van der Waals surface area contributed by atoms with Gasteiger partial charge in [0.2, 0.25) is 0 Å². The number of furan rings is 1. The summed E-state index contributed by atoms with van der Waals surface area (Å²) in [5, 5.41) is 0. The average molecular weight is 209 g/mol. The number of carbonyl (C=O) groups excluding carboxylic acids is 1. The molecule has 3 nitrogen and oxygen atoms in total. The minimum absolute atomic E-state index is 0.0519. The molecule has 0 radical (unpaired) electrons. The van der Waals surface area contributed by atoms with Crippen molar-refractivity contribution in [2.24, 2.45) is 17.6 Å². The van der Waals surface area contributed by atoms with Gasteiger partial charge in [-0.3, -0.25) is 4.79 Å². The smallest absolute Gasteiger partial charge is 0.198 e. The largest absolute Gasteiger partial charge is 0.461 e. The summed E-state index contributed by atoms with van der Waals surface area (Å²) >= 11 is 0. The average Bonchev–Trinajstić information content (AvgIpc) is 2.68. The fourth-order valence-electron chi connectivity index (χ4n) is 1.73. The maximum atomic E-state index is 11.7. The summed E-state index contributed by atoms with van der Waals surface area (Å²) in [5.41, 5.74) is 5.64. The molecule has 1 rings (SSSR count). The zero-order valence-corrected chi connectivity index (χ0v) is 9.40. The number of nitrogens with two attached hydrogens (primary N) is 1. The monoisotopic (exact) mass is 209 g/mol. The lowest BCUT2D eigenvalue weighted by Crippen LogP contribution is -2.19. The molecule has 0 saturated carbocycles. The van der Waals surface area contributed by atoms with Crippen LogP contribution < -0.4 is 5.73 Å². The van der Waals surface area contributed by atoms with Crippen LogP contribution in [0.4, 0.5) is 0 Å². The molecule has 1 heterocycles. The van der Waals surface area contributed by atoms with E-state index in [9.17, 15) is 4.79 Å². The van der Waals surface area contributed by atoms with Gasteiger partial charge in [-0.2, -0.15) is 0 Å². The van der Waals surface area contributed by atoms with Gasteiger partial charge >= 0.3 is 0 Å². The Kier molecular flexibility index (Phi) is 4.56. The molecule has 0 aromatic carbocycles. The lowest BCUT2D eigenvalue weighted by Gasteiger charge is -2.15. The molecule has 0 aliphatic carbocycles. The lowest BCUT2D eigenvalue weighted by atomic mass is 9.92. The molecule has 0 saturated heterocycles. The highest BCUT2D eigenvalue weighted by molar-refractivity contribution is 5.93. The summed E-state index contributed by atoms with van der Waals surface area (Å²) in [4.78, 5) is 11.7. The Morgan fingerprint density at radius 3 is 2.73 bits per heavy atom. The van der Waals surface area contributed by atoms with Crippen LogP contribution in [-0.2, 0) is 0 Å². The highest BCUT2D eigenvalue weighted by Gasteiger charge is 2.16. The Bertz CT molecular complexity index is 291. The molecular formula is C12H19NO2. The first-order valence-electron chi connectivity index (χ1n) is 5.40. The fourth-order valence-corrected chi connectivity index (χ4v) is 1.73. The number of Topliss-reactive ketones (excluding diaryl/α,β-unsaturated/α-hetero) is 1. The van der Waals surface area contributed by atoms with Gasteiger partial charge in [0.25, 0.3) is 0 Å². The first kappa shape index (κ1) is 12.0. The molecule has 1 unspecified atom stereocenters. The quantitative estimate of drug-likeness (QED) is 0.732. The lowest BCUT2D eigenvalue weighted by molar-refractivity contribution is 0.0930. The summed E-state index contributed by atoms with van der Waals surface area (Å²) < 4.78 is 5.06. The third-order valence-corrected chi connectivity index (χ3v) is 2.41. The van der Waals surface area contributed by atoms with Gasteiger partial charge in [-0.1, -0.05) is 13.8 Å². The molecule has 1 aromatic heterocycles. The predicted octanol–water partition coefficient (Wildman–Crippen LogP) is 2.47. The molecule has 15 heavy (non-hydrogen) atoms. The Morgan fingerprint density at radius 2 is 2.27 bits per heavy atom. The van der Waals surface area contributed by atoms with Gasteiger partial charge in [0.15, 0.2) is 11.5 Å². The third-order valence-electron chi connectivity index (χ3n) is 2.41. The standard InChI is InChI=1S/C12H19NO2/c1-9(2)6-10(8-13)7-11(14)12-4-3-5-15-12/h3-5,9-10H,6-8,13H2,1-2H3. The summed E-state index contributed by atoms with van der Waals surface area (Å²) in [7, 11) is 0.